The summed E-state index contributed by atoms with van der Waals surface area (Å²) in [7, 11) is 0. The molecule has 7 heteroatoms. The van der Waals surface area contributed by atoms with Crippen molar-refractivity contribution in [3.8, 4) is 11.4 Å². The molecule has 5 nitrogen and oxygen atoms in total. The molecule has 22 heavy (non-hydrogen) atoms. The number of hydrogen-bond acceptors (Lipinski definition) is 5. The summed E-state index contributed by atoms with van der Waals surface area (Å²) in [5.74, 6) is -1.12. The number of carbonyl (C=O) groups is 1. The largest absolute Gasteiger partial charge is 0.477 e. The summed E-state index contributed by atoms with van der Waals surface area (Å²) in [6, 6.07) is 2.73. The minimum Gasteiger partial charge on any atom is -0.477 e. The quantitative estimate of drug-likeness (QED) is 0.940. The van der Waals surface area contributed by atoms with Crippen LogP contribution in [0.4, 0.5) is 9.52 Å². The van der Waals surface area contributed by atoms with Crippen molar-refractivity contribution < 1.29 is 14.3 Å². The van der Waals surface area contributed by atoms with Crippen LogP contribution in [0.25, 0.3) is 11.4 Å². The Kier molecular flexibility index (Phi) is 4.06. The Hall–Kier alpha value is -2.02. The molecular weight excluding hydrogens is 305 g/mol. The summed E-state index contributed by atoms with van der Waals surface area (Å²) in [4.78, 5) is 21.9. The summed E-state index contributed by atoms with van der Waals surface area (Å²) in [6.07, 6.45) is 3.65. The van der Waals surface area contributed by atoms with Crippen LogP contribution in [0.15, 0.2) is 18.3 Å². The zero-order valence-electron chi connectivity index (χ0n) is 12.1. The number of pyridine rings is 1. The normalized spacial score (nSPS) is 18.5. The third kappa shape index (κ3) is 2.81. The molecule has 1 unspecified atom stereocenters. The molecule has 1 fully saturated rings. The van der Waals surface area contributed by atoms with E-state index in [2.05, 4.69) is 21.8 Å². The molecule has 2 aromatic heterocycles. The molecular formula is C15H16FN3O2S. The number of halogens is 1. The van der Waals surface area contributed by atoms with Crippen molar-refractivity contribution in [3.63, 3.8) is 0 Å². The number of piperidine rings is 1. The summed E-state index contributed by atoms with van der Waals surface area (Å²) < 4.78 is 13.9. The predicted octanol–water partition coefficient (Wildman–Crippen LogP) is 3.28. The van der Waals surface area contributed by atoms with Crippen molar-refractivity contribution in [2.45, 2.75) is 19.8 Å². The SMILES string of the molecule is CC1CCCN(c2nc(-c3ncccc3F)c(C(=O)O)s2)C1. The van der Waals surface area contributed by atoms with Crippen molar-refractivity contribution in [1.29, 1.82) is 0 Å². The van der Waals surface area contributed by atoms with Crippen LogP contribution in [0, 0.1) is 11.7 Å². The molecule has 0 aliphatic carbocycles. The highest BCUT2D eigenvalue weighted by atomic mass is 32.1. The van der Waals surface area contributed by atoms with Crippen LogP contribution in [-0.2, 0) is 0 Å². The van der Waals surface area contributed by atoms with E-state index in [0.29, 0.717) is 11.0 Å². The molecule has 0 radical (unpaired) electrons. The lowest BCUT2D eigenvalue weighted by Gasteiger charge is -2.30. The first-order valence-electron chi connectivity index (χ1n) is 7.16. The monoisotopic (exact) mass is 321 g/mol. The van der Waals surface area contributed by atoms with Gasteiger partial charge in [0.25, 0.3) is 0 Å². The van der Waals surface area contributed by atoms with E-state index in [9.17, 15) is 14.3 Å². The number of hydrogen-bond donors (Lipinski definition) is 1. The second kappa shape index (κ2) is 6.00. The zero-order chi connectivity index (χ0) is 15.7. The molecule has 0 spiro atoms. The Labute approximate surface area is 131 Å². The Morgan fingerprint density at radius 3 is 3.00 bits per heavy atom. The smallest absolute Gasteiger partial charge is 0.348 e. The van der Waals surface area contributed by atoms with Gasteiger partial charge in [-0.1, -0.05) is 18.3 Å². The highest BCUT2D eigenvalue weighted by Crippen LogP contribution is 2.35. The van der Waals surface area contributed by atoms with E-state index < -0.39 is 11.8 Å². The topological polar surface area (TPSA) is 66.3 Å². The Morgan fingerprint density at radius 1 is 1.50 bits per heavy atom. The van der Waals surface area contributed by atoms with Crippen LogP contribution in [0.3, 0.4) is 0 Å². The molecule has 1 saturated heterocycles. The maximum absolute atomic E-state index is 13.9. The molecule has 3 heterocycles. The number of anilines is 1. The van der Waals surface area contributed by atoms with E-state index in [0.717, 1.165) is 37.3 Å². The van der Waals surface area contributed by atoms with E-state index in [1.54, 1.807) is 0 Å². The minimum absolute atomic E-state index is 0.00698. The Bertz CT molecular complexity index is 704. The number of thiazole rings is 1. The van der Waals surface area contributed by atoms with Gasteiger partial charge in [-0.2, -0.15) is 0 Å². The van der Waals surface area contributed by atoms with Gasteiger partial charge >= 0.3 is 5.97 Å². The Balaban J connectivity index is 2.03. The van der Waals surface area contributed by atoms with Crippen LogP contribution < -0.4 is 4.90 Å². The highest BCUT2D eigenvalue weighted by molar-refractivity contribution is 7.17. The van der Waals surface area contributed by atoms with Gasteiger partial charge < -0.3 is 10.0 Å². The fourth-order valence-electron chi connectivity index (χ4n) is 2.67. The lowest BCUT2D eigenvalue weighted by Crippen LogP contribution is -2.34. The van der Waals surface area contributed by atoms with Gasteiger partial charge in [0.2, 0.25) is 0 Å². The molecule has 0 bridgehead atoms. The molecule has 0 amide bonds. The first kappa shape index (κ1) is 14.9. The first-order valence-corrected chi connectivity index (χ1v) is 7.98. The third-order valence-electron chi connectivity index (χ3n) is 3.72. The molecule has 3 rings (SSSR count). The van der Waals surface area contributed by atoms with Crippen LogP contribution in [0.5, 0.6) is 0 Å². The zero-order valence-corrected chi connectivity index (χ0v) is 12.9. The van der Waals surface area contributed by atoms with Gasteiger partial charge in [0.15, 0.2) is 10.9 Å². The maximum atomic E-state index is 13.9. The molecule has 1 atom stereocenters. The minimum atomic E-state index is -1.10. The third-order valence-corrected chi connectivity index (χ3v) is 4.82. The van der Waals surface area contributed by atoms with Crippen LogP contribution in [-0.4, -0.2) is 34.1 Å². The number of carboxylic acid groups (broad SMARTS) is 1. The second-order valence-electron chi connectivity index (χ2n) is 5.51. The molecule has 1 aliphatic rings. The maximum Gasteiger partial charge on any atom is 0.348 e. The molecule has 2 aromatic rings. The van der Waals surface area contributed by atoms with Crippen molar-refractivity contribution in [1.82, 2.24) is 9.97 Å². The first-order chi connectivity index (χ1) is 10.6. The van der Waals surface area contributed by atoms with Gasteiger partial charge in [0, 0.05) is 19.3 Å². The van der Waals surface area contributed by atoms with E-state index in [1.807, 2.05) is 0 Å². The summed E-state index contributed by atoms with van der Waals surface area (Å²) >= 11 is 1.09. The van der Waals surface area contributed by atoms with Gasteiger partial charge in [-0.05, 0) is 30.9 Å². The van der Waals surface area contributed by atoms with Crippen LogP contribution in [0.2, 0.25) is 0 Å². The second-order valence-corrected chi connectivity index (χ2v) is 6.48. The average Bonchev–Trinajstić information content (AvgIpc) is 2.93. The number of rotatable bonds is 3. The number of aromatic nitrogens is 2. The van der Waals surface area contributed by atoms with Gasteiger partial charge in [-0.15, -0.1) is 0 Å². The van der Waals surface area contributed by atoms with Crippen molar-refractivity contribution in [3.05, 3.63) is 29.0 Å². The van der Waals surface area contributed by atoms with E-state index >= 15 is 0 Å². The molecule has 116 valence electrons. The van der Waals surface area contributed by atoms with Crippen LogP contribution >= 0.6 is 11.3 Å². The van der Waals surface area contributed by atoms with Crippen molar-refractivity contribution in [2.75, 3.05) is 18.0 Å². The highest BCUT2D eigenvalue weighted by Gasteiger charge is 2.26. The molecule has 1 N–H and O–H groups in total. The number of carboxylic acids is 1. The molecule has 0 aromatic carbocycles. The number of aromatic carboxylic acids is 1. The van der Waals surface area contributed by atoms with Gasteiger partial charge in [-0.3, -0.25) is 4.98 Å². The fraction of sp³-hybridized carbons (Fsp3) is 0.400. The summed E-state index contributed by atoms with van der Waals surface area (Å²) in [6.45, 7) is 3.86. The van der Waals surface area contributed by atoms with Crippen molar-refractivity contribution >= 4 is 22.4 Å². The lowest BCUT2D eigenvalue weighted by molar-refractivity contribution is 0.0702. The van der Waals surface area contributed by atoms with Gasteiger partial charge in [0.05, 0.1) is 0 Å². The summed E-state index contributed by atoms with van der Waals surface area (Å²) in [5.41, 5.74) is 0.108. The van der Waals surface area contributed by atoms with E-state index in [-0.39, 0.29) is 16.3 Å². The molecule has 0 saturated carbocycles. The number of nitrogens with zero attached hydrogens (tertiary/aromatic N) is 3. The van der Waals surface area contributed by atoms with E-state index in [4.69, 9.17) is 0 Å². The van der Waals surface area contributed by atoms with Gasteiger partial charge in [0.1, 0.15) is 16.3 Å². The average molecular weight is 321 g/mol. The lowest BCUT2D eigenvalue weighted by atomic mass is 10.0. The standard InChI is InChI=1S/C15H16FN3O2S/c1-9-4-3-7-19(8-9)15-18-12(13(22-15)14(20)21)11-10(16)5-2-6-17-11/h2,5-6,9H,3-4,7-8H2,1H3,(H,20,21). The Morgan fingerprint density at radius 2 is 2.32 bits per heavy atom. The van der Waals surface area contributed by atoms with Gasteiger partial charge in [-0.25, -0.2) is 14.2 Å². The summed E-state index contributed by atoms with van der Waals surface area (Å²) in [5, 5.41) is 10.0. The predicted molar refractivity (Wildman–Crippen MR) is 82.9 cm³/mol. The van der Waals surface area contributed by atoms with E-state index in [1.165, 1.54) is 18.3 Å². The van der Waals surface area contributed by atoms with Crippen LogP contribution in [0.1, 0.15) is 29.4 Å². The fourth-order valence-corrected chi connectivity index (χ4v) is 3.61. The molecule has 1 aliphatic heterocycles. The van der Waals surface area contributed by atoms with Crippen molar-refractivity contribution in [2.24, 2.45) is 5.92 Å².